The van der Waals surface area contributed by atoms with Gasteiger partial charge in [0.2, 0.25) is 0 Å². The van der Waals surface area contributed by atoms with Crippen molar-refractivity contribution in [2.24, 2.45) is 0 Å². The van der Waals surface area contributed by atoms with Crippen LogP contribution < -0.4 is 10.6 Å². The number of rotatable bonds is 5. The molecular formula is C13H22N4O. The van der Waals surface area contributed by atoms with Crippen LogP contribution in [0.25, 0.3) is 0 Å². The van der Waals surface area contributed by atoms with Crippen LogP contribution in [0.4, 0.5) is 0 Å². The van der Waals surface area contributed by atoms with E-state index in [1.807, 2.05) is 0 Å². The Morgan fingerprint density at radius 2 is 2.11 bits per heavy atom. The average molecular weight is 250 g/mol. The van der Waals surface area contributed by atoms with Crippen molar-refractivity contribution in [3.8, 4) is 0 Å². The molecule has 3 N–H and O–H groups in total. The monoisotopic (exact) mass is 250 g/mol. The summed E-state index contributed by atoms with van der Waals surface area (Å²) in [7, 11) is 0. The molecule has 2 rings (SSSR count). The number of aromatic nitrogens is 2. The Bertz CT molecular complexity index is 355. The number of nitrogens with one attached hydrogen (secondary N) is 3. The highest BCUT2D eigenvalue weighted by molar-refractivity contribution is 5.93. The van der Waals surface area contributed by atoms with Gasteiger partial charge in [0, 0.05) is 18.3 Å². The van der Waals surface area contributed by atoms with Gasteiger partial charge in [-0.2, -0.15) is 5.10 Å². The van der Waals surface area contributed by atoms with Crippen molar-refractivity contribution in [2.45, 2.75) is 51.1 Å². The Morgan fingerprint density at radius 3 is 2.72 bits per heavy atom. The van der Waals surface area contributed by atoms with E-state index in [1.165, 1.54) is 6.42 Å². The lowest BCUT2D eigenvalue weighted by Gasteiger charge is -2.29. The first kappa shape index (κ1) is 13.1. The highest BCUT2D eigenvalue weighted by Crippen LogP contribution is 2.19. The van der Waals surface area contributed by atoms with E-state index in [4.69, 9.17) is 0 Å². The predicted octanol–water partition coefficient (Wildman–Crippen LogP) is 1.45. The Labute approximate surface area is 108 Å². The van der Waals surface area contributed by atoms with Crippen LogP contribution in [0.3, 0.4) is 0 Å². The van der Waals surface area contributed by atoms with Gasteiger partial charge in [-0.05, 0) is 38.6 Å². The third-order valence-corrected chi connectivity index (χ3v) is 3.51. The van der Waals surface area contributed by atoms with E-state index < -0.39 is 0 Å². The molecule has 100 valence electrons. The third-order valence-electron chi connectivity index (χ3n) is 3.51. The summed E-state index contributed by atoms with van der Waals surface area (Å²) < 4.78 is 0. The summed E-state index contributed by atoms with van der Waals surface area (Å²) in [6, 6.07) is 0.944. The van der Waals surface area contributed by atoms with Crippen molar-refractivity contribution in [3.63, 3.8) is 0 Å². The molecule has 1 fully saturated rings. The molecule has 0 bridgehead atoms. The molecule has 1 heterocycles. The van der Waals surface area contributed by atoms with Crippen LogP contribution in [-0.2, 0) is 0 Å². The smallest absolute Gasteiger partial charge is 0.254 e. The molecule has 18 heavy (non-hydrogen) atoms. The highest BCUT2D eigenvalue weighted by atomic mass is 16.1. The molecule has 1 saturated carbocycles. The minimum absolute atomic E-state index is 0.0197. The molecule has 0 radical (unpaired) electrons. The Balaban J connectivity index is 1.72. The zero-order chi connectivity index (χ0) is 12.8. The maximum atomic E-state index is 11.8. The molecule has 0 spiro atoms. The molecule has 1 aliphatic rings. The molecule has 1 aromatic rings. The molecule has 0 aliphatic heterocycles. The molecule has 0 unspecified atom stereocenters. The van der Waals surface area contributed by atoms with Crippen molar-refractivity contribution in [1.82, 2.24) is 20.8 Å². The van der Waals surface area contributed by atoms with Gasteiger partial charge in [-0.25, -0.2) is 0 Å². The van der Waals surface area contributed by atoms with Crippen LogP contribution >= 0.6 is 0 Å². The molecule has 5 nitrogen and oxygen atoms in total. The first-order valence-corrected chi connectivity index (χ1v) is 6.82. The minimum Gasteiger partial charge on any atom is -0.349 e. The Morgan fingerprint density at radius 1 is 1.39 bits per heavy atom. The van der Waals surface area contributed by atoms with E-state index in [0.717, 1.165) is 32.2 Å². The van der Waals surface area contributed by atoms with Gasteiger partial charge in [0.25, 0.3) is 5.91 Å². The lowest BCUT2D eigenvalue weighted by Crippen LogP contribution is -2.42. The summed E-state index contributed by atoms with van der Waals surface area (Å²) in [4.78, 5) is 11.8. The summed E-state index contributed by atoms with van der Waals surface area (Å²) in [5.74, 6) is -0.0197. The van der Waals surface area contributed by atoms with Crippen LogP contribution in [0.2, 0.25) is 0 Å². The first-order valence-electron chi connectivity index (χ1n) is 6.82. The van der Waals surface area contributed by atoms with Gasteiger partial charge >= 0.3 is 0 Å². The molecule has 0 saturated heterocycles. The summed E-state index contributed by atoms with van der Waals surface area (Å²) >= 11 is 0. The van der Waals surface area contributed by atoms with Crippen LogP contribution in [0.15, 0.2) is 12.4 Å². The lowest BCUT2D eigenvalue weighted by atomic mass is 9.91. The summed E-state index contributed by atoms with van der Waals surface area (Å²) in [5, 5.41) is 13.1. The fourth-order valence-electron chi connectivity index (χ4n) is 2.43. The van der Waals surface area contributed by atoms with Gasteiger partial charge in [0.05, 0.1) is 11.8 Å². The number of amides is 1. The van der Waals surface area contributed by atoms with Gasteiger partial charge < -0.3 is 10.6 Å². The van der Waals surface area contributed by atoms with Crippen LogP contribution in [-0.4, -0.2) is 34.7 Å². The number of carbonyl (C=O) groups excluding carboxylic acids is 1. The fourth-order valence-corrected chi connectivity index (χ4v) is 2.43. The fraction of sp³-hybridized carbons (Fsp3) is 0.692. The summed E-state index contributed by atoms with van der Waals surface area (Å²) in [5.41, 5.74) is 0.612. The second kappa shape index (κ2) is 6.54. The number of carbonyl (C=O) groups is 1. The van der Waals surface area contributed by atoms with E-state index in [1.54, 1.807) is 12.4 Å². The van der Waals surface area contributed by atoms with E-state index in [-0.39, 0.29) is 5.91 Å². The molecule has 1 aliphatic carbocycles. The van der Waals surface area contributed by atoms with E-state index in [9.17, 15) is 4.79 Å². The molecular weight excluding hydrogens is 228 g/mol. The number of hydrogen-bond donors (Lipinski definition) is 3. The topological polar surface area (TPSA) is 69.8 Å². The number of hydrogen-bond acceptors (Lipinski definition) is 3. The average Bonchev–Trinajstić information content (AvgIpc) is 2.92. The number of aromatic amines is 1. The van der Waals surface area contributed by atoms with Gasteiger partial charge in [0.1, 0.15) is 0 Å². The SMILES string of the molecule is CCCNC1CCC(NC(=O)c2cn[nH]c2)CC1. The third kappa shape index (κ3) is 3.57. The molecule has 5 heteroatoms. The molecule has 1 aromatic heterocycles. The van der Waals surface area contributed by atoms with Crippen molar-refractivity contribution in [2.75, 3.05) is 6.54 Å². The Kier molecular flexibility index (Phi) is 4.75. The zero-order valence-electron chi connectivity index (χ0n) is 10.9. The lowest BCUT2D eigenvalue weighted by molar-refractivity contribution is 0.0924. The normalized spacial score (nSPS) is 23.8. The van der Waals surface area contributed by atoms with Crippen LogP contribution in [0.1, 0.15) is 49.4 Å². The largest absolute Gasteiger partial charge is 0.349 e. The Hall–Kier alpha value is -1.36. The zero-order valence-corrected chi connectivity index (χ0v) is 10.9. The number of H-pyrrole nitrogens is 1. The van der Waals surface area contributed by atoms with Crippen LogP contribution in [0.5, 0.6) is 0 Å². The van der Waals surface area contributed by atoms with Crippen LogP contribution in [0, 0.1) is 0 Å². The van der Waals surface area contributed by atoms with E-state index in [2.05, 4.69) is 27.8 Å². The van der Waals surface area contributed by atoms with Crippen molar-refractivity contribution < 1.29 is 4.79 Å². The molecule has 1 amide bonds. The molecule has 0 atom stereocenters. The van der Waals surface area contributed by atoms with Crippen molar-refractivity contribution in [1.29, 1.82) is 0 Å². The van der Waals surface area contributed by atoms with E-state index >= 15 is 0 Å². The first-order chi connectivity index (χ1) is 8.79. The number of nitrogens with zero attached hydrogens (tertiary/aromatic N) is 1. The van der Waals surface area contributed by atoms with Crippen molar-refractivity contribution in [3.05, 3.63) is 18.0 Å². The minimum atomic E-state index is -0.0197. The van der Waals surface area contributed by atoms with Gasteiger partial charge in [-0.1, -0.05) is 6.92 Å². The van der Waals surface area contributed by atoms with Crippen molar-refractivity contribution >= 4 is 5.91 Å². The maximum Gasteiger partial charge on any atom is 0.254 e. The van der Waals surface area contributed by atoms with Gasteiger partial charge in [-0.15, -0.1) is 0 Å². The quantitative estimate of drug-likeness (QED) is 0.741. The standard InChI is InChI=1S/C13H22N4O/c1-2-7-14-11-3-5-12(6-4-11)17-13(18)10-8-15-16-9-10/h8-9,11-12,14H,2-7H2,1H3,(H,15,16)(H,17,18). The highest BCUT2D eigenvalue weighted by Gasteiger charge is 2.22. The maximum absolute atomic E-state index is 11.8. The van der Waals surface area contributed by atoms with Gasteiger partial charge in [0.15, 0.2) is 0 Å². The predicted molar refractivity (Wildman–Crippen MR) is 70.4 cm³/mol. The van der Waals surface area contributed by atoms with Gasteiger partial charge in [-0.3, -0.25) is 9.89 Å². The molecule has 0 aromatic carbocycles. The summed E-state index contributed by atoms with van der Waals surface area (Å²) in [6.45, 7) is 3.28. The summed E-state index contributed by atoms with van der Waals surface area (Å²) in [6.07, 6.45) is 8.79. The second-order valence-corrected chi connectivity index (χ2v) is 4.96. The second-order valence-electron chi connectivity index (χ2n) is 4.96. The van der Waals surface area contributed by atoms with E-state index in [0.29, 0.717) is 17.6 Å².